The Morgan fingerprint density at radius 3 is 2.67 bits per heavy atom. The van der Waals surface area contributed by atoms with E-state index in [1.807, 2.05) is 0 Å². The van der Waals surface area contributed by atoms with Crippen LogP contribution < -0.4 is 0 Å². The van der Waals surface area contributed by atoms with Crippen LogP contribution in [0.3, 0.4) is 0 Å². The maximum atomic E-state index is 6.50. The summed E-state index contributed by atoms with van der Waals surface area (Å²) in [6.45, 7) is 3.47. The molecule has 0 aliphatic heterocycles. The minimum Gasteiger partial charge on any atom is -0.302 e. The molecule has 0 atom stereocenters. The summed E-state index contributed by atoms with van der Waals surface area (Å²) in [7, 11) is 0. The summed E-state index contributed by atoms with van der Waals surface area (Å²) in [6.07, 6.45) is 1.77. The van der Waals surface area contributed by atoms with Crippen molar-refractivity contribution in [1.29, 1.82) is 5.41 Å². The van der Waals surface area contributed by atoms with Crippen LogP contribution >= 0.6 is 11.8 Å². The molecule has 0 radical (unpaired) electrons. The van der Waals surface area contributed by atoms with E-state index in [0.29, 0.717) is 0 Å². The molecule has 0 aliphatic rings. The molecule has 34 valence electrons. The minimum atomic E-state index is 0.851. The molecule has 0 bridgehead atoms. The number of hydrogen-bond acceptors (Lipinski definition) is 2. The summed E-state index contributed by atoms with van der Waals surface area (Å²) in [5, 5.41) is 6.50. The highest BCUT2D eigenvalue weighted by atomic mass is 32.2. The van der Waals surface area contributed by atoms with Gasteiger partial charge in [0.25, 0.3) is 0 Å². The lowest BCUT2D eigenvalue weighted by Crippen LogP contribution is -1.62. The van der Waals surface area contributed by atoms with Gasteiger partial charge in [0.1, 0.15) is 0 Å². The van der Waals surface area contributed by atoms with Crippen LogP contribution in [0.1, 0.15) is 0 Å². The lowest BCUT2D eigenvalue weighted by atomic mass is 10.8. The van der Waals surface area contributed by atoms with Crippen LogP contribution in [0.5, 0.6) is 0 Å². The fourth-order valence-electron chi connectivity index (χ4n) is 0.116. The van der Waals surface area contributed by atoms with Crippen molar-refractivity contribution in [3.8, 4) is 0 Å². The third-order valence-corrected chi connectivity index (χ3v) is 0.892. The maximum Gasteiger partial charge on any atom is 0.0509 e. The molecule has 0 saturated carbocycles. The zero-order valence-electron chi connectivity index (χ0n) is 3.48. The molecule has 0 heterocycles. The highest BCUT2D eigenvalue weighted by Crippen LogP contribution is 1.89. The van der Waals surface area contributed by atoms with Crippen molar-refractivity contribution in [1.82, 2.24) is 0 Å². The van der Waals surface area contributed by atoms with Gasteiger partial charge >= 0.3 is 0 Å². The average molecular weight is 101 g/mol. The number of hydrogen-bond donors (Lipinski definition) is 1. The van der Waals surface area contributed by atoms with Crippen molar-refractivity contribution in [2.24, 2.45) is 0 Å². The van der Waals surface area contributed by atoms with E-state index >= 15 is 0 Å². The van der Waals surface area contributed by atoms with Crippen molar-refractivity contribution in [3.05, 3.63) is 12.7 Å². The minimum absolute atomic E-state index is 0.851. The smallest absolute Gasteiger partial charge is 0.0509 e. The largest absolute Gasteiger partial charge is 0.302 e. The summed E-state index contributed by atoms with van der Waals surface area (Å²) in [5.74, 6) is 0.851. The lowest BCUT2D eigenvalue weighted by molar-refractivity contribution is 1.60. The molecular formula is C4H7NS. The van der Waals surface area contributed by atoms with E-state index in [9.17, 15) is 0 Å². The highest BCUT2D eigenvalue weighted by Gasteiger charge is 1.67. The molecule has 6 heavy (non-hydrogen) atoms. The van der Waals surface area contributed by atoms with Crippen LogP contribution in [0.15, 0.2) is 12.7 Å². The molecule has 2 heteroatoms. The molecule has 0 rings (SSSR count). The van der Waals surface area contributed by atoms with Crippen LogP contribution in [-0.4, -0.2) is 11.3 Å². The van der Waals surface area contributed by atoms with E-state index in [0.717, 1.165) is 5.75 Å². The van der Waals surface area contributed by atoms with Gasteiger partial charge in [-0.1, -0.05) is 6.08 Å². The lowest BCUT2D eigenvalue weighted by Gasteiger charge is -1.75. The molecule has 0 spiro atoms. The van der Waals surface area contributed by atoms with Crippen LogP contribution in [-0.2, 0) is 0 Å². The van der Waals surface area contributed by atoms with Crippen molar-refractivity contribution in [3.63, 3.8) is 0 Å². The van der Waals surface area contributed by atoms with Crippen molar-refractivity contribution in [2.75, 3.05) is 5.75 Å². The molecule has 0 aromatic heterocycles. The first-order chi connectivity index (χ1) is 2.91. The quantitative estimate of drug-likeness (QED) is 0.248. The van der Waals surface area contributed by atoms with Crippen molar-refractivity contribution >= 4 is 17.3 Å². The Bertz CT molecular complexity index is 43.5. The Morgan fingerprint density at radius 2 is 2.50 bits per heavy atom. The van der Waals surface area contributed by atoms with Gasteiger partial charge in [-0.05, 0) is 0 Å². The molecule has 0 aromatic rings. The van der Waals surface area contributed by atoms with Gasteiger partial charge in [0, 0.05) is 5.75 Å². The first kappa shape index (κ1) is 5.76. The first-order valence-corrected chi connectivity index (χ1v) is 2.68. The molecule has 0 aromatic carbocycles. The van der Waals surface area contributed by atoms with E-state index in [-0.39, 0.29) is 0 Å². The van der Waals surface area contributed by atoms with Gasteiger partial charge in [-0.2, -0.15) is 0 Å². The molecule has 0 saturated heterocycles. The van der Waals surface area contributed by atoms with E-state index in [1.165, 1.54) is 17.3 Å². The third kappa shape index (κ3) is 3.76. The summed E-state index contributed by atoms with van der Waals surface area (Å²) in [4.78, 5) is 0. The number of rotatable bonds is 3. The number of thioether (sulfide) groups is 1. The Kier molecular flexibility index (Phi) is 4.57. The van der Waals surface area contributed by atoms with Crippen LogP contribution in [0.4, 0.5) is 0 Å². The Morgan fingerprint density at radius 1 is 1.83 bits per heavy atom. The topological polar surface area (TPSA) is 23.9 Å². The zero-order valence-corrected chi connectivity index (χ0v) is 4.29. The summed E-state index contributed by atoms with van der Waals surface area (Å²) >= 11 is 1.43. The third-order valence-electron chi connectivity index (χ3n) is 0.297. The van der Waals surface area contributed by atoms with Gasteiger partial charge < -0.3 is 5.41 Å². The Hall–Kier alpha value is -0.240. The second-order valence-electron chi connectivity index (χ2n) is 0.740. The van der Waals surface area contributed by atoms with E-state index in [2.05, 4.69) is 6.58 Å². The highest BCUT2D eigenvalue weighted by molar-refractivity contribution is 8.12. The van der Waals surface area contributed by atoms with E-state index in [4.69, 9.17) is 5.41 Å². The fraction of sp³-hybridized carbons (Fsp3) is 0.250. The van der Waals surface area contributed by atoms with Gasteiger partial charge in [0.05, 0.1) is 5.55 Å². The molecule has 1 N–H and O–H groups in total. The van der Waals surface area contributed by atoms with Gasteiger partial charge in [-0.3, -0.25) is 0 Å². The zero-order chi connectivity index (χ0) is 4.83. The van der Waals surface area contributed by atoms with E-state index < -0.39 is 0 Å². The second-order valence-corrected chi connectivity index (χ2v) is 1.64. The first-order valence-electron chi connectivity index (χ1n) is 1.63. The predicted molar refractivity (Wildman–Crippen MR) is 31.4 cm³/mol. The van der Waals surface area contributed by atoms with Crippen LogP contribution in [0.2, 0.25) is 0 Å². The van der Waals surface area contributed by atoms with Gasteiger partial charge in [-0.25, -0.2) is 0 Å². The molecule has 0 unspecified atom stereocenters. The predicted octanol–water partition coefficient (Wildman–Crippen LogP) is 1.51. The summed E-state index contributed by atoms with van der Waals surface area (Å²) in [5.41, 5.74) is 1.31. The van der Waals surface area contributed by atoms with Crippen molar-refractivity contribution in [2.45, 2.75) is 0 Å². The van der Waals surface area contributed by atoms with Crippen LogP contribution in [0.25, 0.3) is 0 Å². The van der Waals surface area contributed by atoms with Crippen molar-refractivity contribution < 1.29 is 0 Å². The van der Waals surface area contributed by atoms with Gasteiger partial charge in [0.15, 0.2) is 0 Å². The maximum absolute atomic E-state index is 6.50. The number of nitrogens with one attached hydrogen (secondary N) is 1. The standard InChI is InChI=1S/C4H7NS/c1-2-3-6-4-5/h2,4-5H,1,3H2. The SMILES string of the molecule is C=CCSC=N. The molecule has 0 amide bonds. The Labute approximate surface area is 42.0 Å². The normalized spacial score (nSPS) is 7.33. The summed E-state index contributed by atoms with van der Waals surface area (Å²) in [6, 6.07) is 0. The second kappa shape index (κ2) is 4.76. The Balaban J connectivity index is 2.66. The molecule has 0 aliphatic carbocycles. The van der Waals surface area contributed by atoms with Crippen LogP contribution in [0, 0.1) is 5.41 Å². The van der Waals surface area contributed by atoms with E-state index in [1.54, 1.807) is 6.08 Å². The molecular weight excluding hydrogens is 94.1 g/mol. The monoisotopic (exact) mass is 101 g/mol. The summed E-state index contributed by atoms with van der Waals surface area (Å²) < 4.78 is 0. The molecule has 1 nitrogen and oxygen atoms in total. The average Bonchev–Trinajstić information content (AvgIpc) is 1.61. The van der Waals surface area contributed by atoms with Gasteiger partial charge in [0.2, 0.25) is 0 Å². The molecule has 0 fully saturated rings. The fourth-order valence-corrected chi connectivity index (χ4v) is 0.348. The van der Waals surface area contributed by atoms with Gasteiger partial charge in [-0.15, -0.1) is 18.3 Å².